The van der Waals surface area contributed by atoms with Crippen LogP contribution in [0.3, 0.4) is 0 Å². The van der Waals surface area contributed by atoms with Gasteiger partial charge in [-0.25, -0.2) is 0 Å². The lowest BCUT2D eigenvalue weighted by atomic mass is 9.93. The van der Waals surface area contributed by atoms with Gasteiger partial charge in [0.15, 0.2) is 0 Å². The Morgan fingerprint density at radius 3 is 2.60 bits per heavy atom. The summed E-state index contributed by atoms with van der Waals surface area (Å²) >= 11 is 0. The molecular formula is C21H27N3O. The molecule has 1 heterocycles. The van der Waals surface area contributed by atoms with E-state index in [1.54, 1.807) is 0 Å². The second kappa shape index (κ2) is 8.17. The third kappa shape index (κ3) is 5.07. The number of rotatable bonds is 5. The van der Waals surface area contributed by atoms with Gasteiger partial charge in [0.25, 0.3) is 0 Å². The van der Waals surface area contributed by atoms with Crippen molar-refractivity contribution in [1.29, 1.82) is 0 Å². The lowest BCUT2D eigenvalue weighted by Crippen LogP contribution is -2.44. The molecule has 4 heteroatoms. The van der Waals surface area contributed by atoms with Crippen molar-refractivity contribution in [3.8, 4) is 0 Å². The van der Waals surface area contributed by atoms with Crippen molar-refractivity contribution in [3.05, 3.63) is 60.2 Å². The molecule has 2 atom stereocenters. The fraction of sp³-hybridized carbons (Fsp3) is 0.381. The highest BCUT2D eigenvalue weighted by atomic mass is 16.1. The number of carbonyl (C=O) groups excluding carboxylic acids is 1. The second-order valence-electron chi connectivity index (χ2n) is 7.00. The van der Waals surface area contributed by atoms with E-state index in [0.29, 0.717) is 12.0 Å². The van der Waals surface area contributed by atoms with Crippen molar-refractivity contribution in [3.63, 3.8) is 0 Å². The van der Waals surface area contributed by atoms with Crippen molar-refractivity contribution >= 4 is 17.3 Å². The number of carbonyl (C=O) groups is 1. The van der Waals surface area contributed by atoms with Crippen molar-refractivity contribution < 1.29 is 4.79 Å². The van der Waals surface area contributed by atoms with Gasteiger partial charge in [0.2, 0.25) is 5.91 Å². The van der Waals surface area contributed by atoms with Gasteiger partial charge < -0.3 is 10.6 Å². The van der Waals surface area contributed by atoms with E-state index < -0.39 is 0 Å². The minimum absolute atomic E-state index is 0.0419. The zero-order valence-corrected chi connectivity index (χ0v) is 15.0. The van der Waals surface area contributed by atoms with Gasteiger partial charge in [-0.15, -0.1) is 0 Å². The molecule has 0 aliphatic carbocycles. The summed E-state index contributed by atoms with van der Waals surface area (Å²) in [6.45, 7) is 7.06. The van der Waals surface area contributed by atoms with E-state index in [-0.39, 0.29) is 5.91 Å². The molecule has 0 radical (unpaired) electrons. The largest absolute Gasteiger partial charge is 0.382 e. The van der Waals surface area contributed by atoms with Crippen LogP contribution in [0, 0.1) is 5.92 Å². The maximum absolute atomic E-state index is 11.2. The van der Waals surface area contributed by atoms with E-state index >= 15 is 0 Å². The minimum Gasteiger partial charge on any atom is -0.382 e. The summed E-state index contributed by atoms with van der Waals surface area (Å²) in [5, 5.41) is 6.49. The first-order valence-electron chi connectivity index (χ1n) is 9.00. The molecule has 1 amide bonds. The molecule has 1 saturated heterocycles. The SMILES string of the molecule is CC(=O)Nc1cccc(N[C@H]2CCN(Cc3ccccc3)C[C@H]2C)c1. The number of benzene rings is 2. The van der Waals surface area contributed by atoms with Gasteiger partial charge in [-0.1, -0.05) is 43.3 Å². The first-order valence-corrected chi connectivity index (χ1v) is 9.00. The minimum atomic E-state index is -0.0419. The van der Waals surface area contributed by atoms with Crippen LogP contribution in [-0.2, 0) is 11.3 Å². The lowest BCUT2D eigenvalue weighted by Gasteiger charge is -2.38. The molecule has 0 unspecified atom stereocenters. The molecule has 132 valence electrons. The van der Waals surface area contributed by atoms with Crippen molar-refractivity contribution in [2.75, 3.05) is 23.7 Å². The Bertz CT molecular complexity index is 701. The van der Waals surface area contributed by atoms with Crippen LogP contribution >= 0.6 is 0 Å². The highest BCUT2D eigenvalue weighted by Gasteiger charge is 2.25. The Morgan fingerprint density at radius 1 is 1.12 bits per heavy atom. The van der Waals surface area contributed by atoms with Crippen LogP contribution in [-0.4, -0.2) is 29.9 Å². The van der Waals surface area contributed by atoms with E-state index in [4.69, 9.17) is 0 Å². The van der Waals surface area contributed by atoms with Crippen LogP contribution in [0.15, 0.2) is 54.6 Å². The number of amides is 1. The maximum atomic E-state index is 11.2. The Kier molecular flexibility index (Phi) is 5.71. The zero-order chi connectivity index (χ0) is 17.6. The van der Waals surface area contributed by atoms with Gasteiger partial charge in [0.1, 0.15) is 0 Å². The molecule has 1 aliphatic rings. The molecule has 25 heavy (non-hydrogen) atoms. The molecule has 2 aromatic rings. The topological polar surface area (TPSA) is 44.4 Å². The fourth-order valence-corrected chi connectivity index (χ4v) is 3.54. The predicted molar refractivity (Wildman–Crippen MR) is 104 cm³/mol. The van der Waals surface area contributed by atoms with Gasteiger partial charge in [0.05, 0.1) is 0 Å². The van der Waals surface area contributed by atoms with Crippen molar-refractivity contribution in [1.82, 2.24) is 4.90 Å². The van der Waals surface area contributed by atoms with Gasteiger partial charge in [-0.05, 0) is 36.1 Å². The average Bonchev–Trinajstić information content (AvgIpc) is 2.58. The number of piperidine rings is 1. The first-order chi connectivity index (χ1) is 12.1. The molecule has 0 aromatic heterocycles. The normalized spacial score (nSPS) is 20.9. The quantitative estimate of drug-likeness (QED) is 0.868. The summed E-state index contributed by atoms with van der Waals surface area (Å²) < 4.78 is 0. The molecular weight excluding hydrogens is 310 g/mol. The van der Waals surface area contributed by atoms with Crippen LogP contribution in [0.2, 0.25) is 0 Å². The molecule has 2 aromatic carbocycles. The summed E-state index contributed by atoms with van der Waals surface area (Å²) in [6.07, 6.45) is 1.12. The average molecular weight is 337 g/mol. The highest BCUT2D eigenvalue weighted by molar-refractivity contribution is 5.89. The van der Waals surface area contributed by atoms with E-state index in [2.05, 4.69) is 58.9 Å². The summed E-state index contributed by atoms with van der Waals surface area (Å²) in [4.78, 5) is 13.7. The van der Waals surface area contributed by atoms with E-state index in [1.807, 2.05) is 18.2 Å². The third-order valence-corrected chi connectivity index (χ3v) is 4.77. The molecule has 0 saturated carbocycles. The monoisotopic (exact) mass is 337 g/mol. The maximum Gasteiger partial charge on any atom is 0.221 e. The molecule has 3 rings (SSSR count). The van der Waals surface area contributed by atoms with Crippen LogP contribution < -0.4 is 10.6 Å². The molecule has 4 nitrogen and oxygen atoms in total. The number of likely N-dealkylation sites (tertiary alicyclic amines) is 1. The standard InChI is InChI=1S/C21H27N3O/c1-16-14-24(15-18-7-4-3-5-8-18)12-11-21(16)23-20-10-6-9-19(13-20)22-17(2)25/h3-10,13,16,21,23H,11-12,14-15H2,1-2H3,(H,22,25)/t16-,21+/m1/s1. The van der Waals surface area contributed by atoms with Crippen LogP contribution in [0.4, 0.5) is 11.4 Å². The zero-order valence-electron chi connectivity index (χ0n) is 15.0. The number of nitrogens with zero attached hydrogens (tertiary/aromatic N) is 1. The van der Waals surface area contributed by atoms with Crippen LogP contribution in [0.1, 0.15) is 25.8 Å². The Balaban J connectivity index is 1.56. The number of nitrogens with one attached hydrogen (secondary N) is 2. The number of hydrogen-bond acceptors (Lipinski definition) is 3. The number of anilines is 2. The Morgan fingerprint density at radius 2 is 1.88 bits per heavy atom. The Hall–Kier alpha value is -2.33. The highest BCUT2D eigenvalue weighted by Crippen LogP contribution is 2.24. The Labute approximate surface area is 150 Å². The molecule has 2 N–H and O–H groups in total. The van der Waals surface area contributed by atoms with E-state index in [9.17, 15) is 4.79 Å². The van der Waals surface area contributed by atoms with Gasteiger partial charge >= 0.3 is 0 Å². The van der Waals surface area contributed by atoms with Crippen LogP contribution in [0.25, 0.3) is 0 Å². The predicted octanol–water partition coefficient (Wildman–Crippen LogP) is 3.97. The smallest absolute Gasteiger partial charge is 0.221 e. The summed E-state index contributed by atoms with van der Waals surface area (Å²) in [5.74, 6) is 0.529. The van der Waals surface area contributed by atoms with Crippen molar-refractivity contribution in [2.24, 2.45) is 5.92 Å². The summed E-state index contributed by atoms with van der Waals surface area (Å²) in [7, 11) is 0. The fourth-order valence-electron chi connectivity index (χ4n) is 3.54. The molecule has 1 aliphatic heterocycles. The van der Waals surface area contributed by atoms with E-state index in [0.717, 1.165) is 37.4 Å². The molecule has 0 bridgehead atoms. The molecule has 0 spiro atoms. The third-order valence-electron chi connectivity index (χ3n) is 4.77. The van der Waals surface area contributed by atoms with Gasteiger partial charge in [0, 0.05) is 44.0 Å². The van der Waals surface area contributed by atoms with Gasteiger partial charge in [-0.3, -0.25) is 9.69 Å². The van der Waals surface area contributed by atoms with Crippen molar-refractivity contribution in [2.45, 2.75) is 32.9 Å². The first kappa shape index (κ1) is 17.5. The summed E-state index contributed by atoms with van der Waals surface area (Å²) in [6, 6.07) is 19.1. The number of hydrogen-bond donors (Lipinski definition) is 2. The second-order valence-corrected chi connectivity index (χ2v) is 7.00. The lowest BCUT2D eigenvalue weighted by molar-refractivity contribution is -0.114. The van der Waals surface area contributed by atoms with Crippen LogP contribution in [0.5, 0.6) is 0 Å². The van der Waals surface area contributed by atoms with Gasteiger partial charge in [-0.2, -0.15) is 0 Å². The summed E-state index contributed by atoms with van der Waals surface area (Å²) in [5.41, 5.74) is 3.29. The molecule has 1 fully saturated rings. The van der Waals surface area contributed by atoms with E-state index in [1.165, 1.54) is 12.5 Å².